The number of pyridine rings is 1. The van der Waals surface area contributed by atoms with Crippen molar-refractivity contribution >= 4 is 11.7 Å². The lowest BCUT2D eigenvalue weighted by Gasteiger charge is -2.03. The number of carbonyl (C=O) groups is 1. The number of hydrogen-bond acceptors (Lipinski definition) is 4. The topological polar surface area (TPSA) is 88.2 Å². The Balaban J connectivity index is 3.21. The van der Waals surface area contributed by atoms with Crippen molar-refractivity contribution in [3.05, 3.63) is 17.8 Å². The Morgan fingerprint density at radius 3 is 2.92 bits per heavy atom. The molecular formula is C7H9N3O2. The van der Waals surface area contributed by atoms with Crippen LogP contribution in [0.4, 0.5) is 5.82 Å². The Morgan fingerprint density at radius 2 is 2.42 bits per heavy atom. The molecule has 0 aromatic carbocycles. The van der Waals surface area contributed by atoms with Crippen molar-refractivity contribution in [1.29, 1.82) is 0 Å². The first kappa shape index (κ1) is 8.32. The number of aromatic nitrogens is 1. The molecule has 5 heteroatoms. The van der Waals surface area contributed by atoms with Crippen molar-refractivity contribution in [2.24, 2.45) is 5.73 Å². The molecule has 0 aliphatic heterocycles. The maximum atomic E-state index is 10.8. The summed E-state index contributed by atoms with van der Waals surface area (Å²) in [7, 11) is 1.62. The third kappa shape index (κ3) is 1.45. The largest absolute Gasteiger partial charge is 0.506 e. The normalized spacial score (nSPS) is 9.42. The smallest absolute Gasteiger partial charge is 0.252 e. The van der Waals surface area contributed by atoms with E-state index in [0.29, 0.717) is 5.82 Å². The number of anilines is 1. The molecule has 0 saturated carbocycles. The van der Waals surface area contributed by atoms with Gasteiger partial charge >= 0.3 is 0 Å². The van der Waals surface area contributed by atoms with E-state index in [1.807, 2.05) is 0 Å². The van der Waals surface area contributed by atoms with E-state index in [1.165, 1.54) is 12.3 Å². The lowest BCUT2D eigenvalue weighted by molar-refractivity contribution is 0.100. The number of rotatable bonds is 2. The quantitative estimate of drug-likeness (QED) is 0.575. The van der Waals surface area contributed by atoms with E-state index in [4.69, 9.17) is 10.8 Å². The van der Waals surface area contributed by atoms with Crippen molar-refractivity contribution in [2.75, 3.05) is 12.4 Å². The van der Waals surface area contributed by atoms with Crippen LogP contribution in [0.5, 0.6) is 5.75 Å². The first-order valence-electron chi connectivity index (χ1n) is 3.31. The highest BCUT2D eigenvalue weighted by Crippen LogP contribution is 2.16. The predicted molar refractivity (Wildman–Crippen MR) is 44.0 cm³/mol. The number of aromatic hydroxyl groups is 1. The number of primary amides is 1. The van der Waals surface area contributed by atoms with Crippen LogP contribution in [0.1, 0.15) is 10.4 Å². The molecule has 0 unspecified atom stereocenters. The lowest BCUT2D eigenvalue weighted by atomic mass is 10.2. The van der Waals surface area contributed by atoms with Crippen LogP contribution < -0.4 is 11.1 Å². The van der Waals surface area contributed by atoms with Crippen LogP contribution in [-0.4, -0.2) is 23.0 Å². The summed E-state index contributed by atoms with van der Waals surface area (Å²) in [5.41, 5.74) is 5.21. The van der Waals surface area contributed by atoms with Crippen LogP contribution in [0, 0.1) is 0 Å². The monoisotopic (exact) mass is 167 g/mol. The molecule has 0 atom stereocenters. The van der Waals surface area contributed by atoms with Crippen LogP contribution in [0.3, 0.4) is 0 Å². The molecule has 0 aliphatic carbocycles. The SMILES string of the molecule is CNc1ncc(O)cc1C(N)=O. The van der Waals surface area contributed by atoms with Crippen LogP contribution >= 0.6 is 0 Å². The van der Waals surface area contributed by atoms with Crippen LogP contribution in [-0.2, 0) is 0 Å². The van der Waals surface area contributed by atoms with Crippen LogP contribution in [0.25, 0.3) is 0 Å². The number of hydrogen-bond donors (Lipinski definition) is 3. The molecule has 4 N–H and O–H groups in total. The molecule has 1 rings (SSSR count). The second-order valence-corrected chi connectivity index (χ2v) is 2.20. The summed E-state index contributed by atoms with van der Waals surface area (Å²) in [5.74, 6) is -0.342. The molecule has 0 radical (unpaired) electrons. The lowest BCUT2D eigenvalue weighted by Crippen LogP contribution is -2.14. The highest BCUT2D eigenvalue weighted by Gasteiger charge is 2.08. The molecular weight excluding hydrogens is 158 g/mol. The zero-order valence-corrected chi connectivity index (χ0v) is 6.53. The predicted octanol–water partition coefficient (Wildman–Crippen LogP) is -0.0722. The van der Waals surface area contributed by atoms with E-state index in [0.717, 1.165) is 0 Å². The van der Waals surface area contributed by atoms with Crippen LogP contribution in [0.2, 0.25) is 0 Å². The maximum Gasteiger partial charge on any atom is 0.252 e. The highest BCUT2D eigenvalue weighted by atomic mass is 16.3. The maximum absolute atomic E-state index is 10.8. The van der Waals surface area contributed by atoms with Gasteiger partial charge in [-0.25, -0.2) is 4.98 Å². The first-order valence-corrected chi connectivity index (χ1v) is 3.31. The molecule has 1 amide bonds. The summed E-state index contributed by atoms with van der Waals surface area (Å²) >= 11 is 0. The number of nitrogens with zero attached hydrogens (tertiary/aromatic N) is 1. The molecule has 0 spiro atoms. The summed E-state index contributed by atoms with van der Waals surface area (Å²) in [6, 6.07) is 1.27. The van der Waals surface area contributed by atoms with E-state index >= 15 is 0 Å². The van der Waals surface area contributed by atoms with Gasteiger partial charge in [0, 0.05) is 7.05 Å². The summed E-state index contributed by atoms with van der Waals surface area (Å²) < 4.78 is 0. The van der Waals surface area contributed by atoms with E-state index in [9.17, 15) is 4.79 Å². The first-order chi connectivity index (χ1) is 5.65. The van der Waals surface area contributed by atoms with Gasteiger partial charge in [-0.3, -0.25) is 4.79 Å². The molecule has 0 fully saturated rings. The zero-order valence-electron chi connectivity index (χ0n) is 6.53. The third-order valence-electron chi connectivity index (χ3n) is 1.38. The Labute approximate surface area is 69.2 Å². The molecule has 64 valence electrons. The standard InChI is InChI=1S/C7H9N3O2/c1-9-7-5(6(8)12)2-4(11)3-10-7/h2-3,11H,1H3,(H2,8,12)(H,9,10). The third-order valence-corrected chi connectivity index (χ3v) is 1.38. The molecule has 12 heavy (non-hydrogen) atoms. The molecule has 0 aliphatic rings. The summed E-state index contributed by atoms with van der Waals surface area (Å²) in [6.07, 6.45) is 1.23. The molecule has 1 heterocycles. The number of nitrogens with two attached hydrogens (primary N) is 1. The molecule has 0 saturated heterocycles. The fraction of sp³-hybridized carbons (Fsp3) is 0.143. The minimum absolute atomic E-state index is 0.0807. The summed E-state index contributed by atoms with van der Waals surface area (Å²) in [4.78, 5) is 14.5. The van der Waals surface area contributed by atoms with E-state index in [1.54, 1.807) is 7.05 Å². The van der Waals surface area contributed by atoms with Gasteiger partial charge in [0.15, 0.2) is 0 Å². The fourth-order valence-corrected chi connectivity index (χ4v) is 0.841. The average molecular weight is 167 g/mol. The Morgan fingerprint density at radius 1 is 1.75 bits per heavy atom. The second kappa shape index (κ2) is 3.08. The Bertz CT molecular complexity index is 312. The van der Waals surface area contributed by atoms with Gasteiger partial charge < -0.3 is 16.2 Å². The average Bonchev–Trinajstić information content (AvgIpc) is 2.04. The number of nitrogens with one attached hydrogen (secondary N) is 1. The van der Waals surface area contributed by atoms with Gasteiger partial charge in [0.25, 0.3) is 5.91 Å². The van der Waals surface area contributed by atoms with Gasteiger partial charge in [-0.1, -0.05) is 0 Å². The minimum Gasteiger partial charge on any atom is -0.506 e. The molecule has 0 bridgehead atoms. The fourth-order valence-electron chi connectivity index (χ4n) is 0.841. The van der Waals surface area contributed by atoms with Crippen LogP contribution in [0.15, 0.2) is 12.3 Å². The van der Waals surface area contributed by atoms with Crippen molar-refractivity contribution < 1.29 is 9.90 Å². The number of amides is 1. The van der Waals surface area contributed by atoms with Gasteiger partial charge in [0.05, 0.1) is 11.8 Å². The van der Waals surface area contributed by atoms with Crippen molar-refractivity contribution in [2.45, 2.75) is 0 Å². The van der Waals surface area contributed by atoms with E-state index in [-0.39, 0.29) is 11.3 Å². The minimum atomic E-state index is -0.622. The van der Waals surface area contributed by atoms with E-state index < -0.39 is 5.91 Å². The second-order valence-electron chi connectivity index (χ2n) is 2.20. The van der Waals surface area contributed by atoms with Crippen molar-refractivity contribution in [3.8, 4) is 5.75 Å². The molecule has 1 aromatic rings. The zero-order chi connectivity index (χ0) is 9.14. The Kier molecular flexibility index (Phi) is 2.14. The van der Waals surface area contributed by atoms with Gasteiger partial charge in [0.1, 0.15) is 11.6 Å². The van der Waals surface area contributed by atoms with Crippen molar-refractivity contribution in [1.82, 2.24) is 4.98 Å². The number of carbonyl (C=O) groups excluding carboxylic acids is 1. The summed E-state index contributed by atoms with van der Waals surface area (Å²) in [6.45, 7) is 0. The van der Waals surface area contributed by atoms with Gasteiger partial charge in [-0.2, -0.15) is 0 Å². The van der Waals surface area contributed by atoms with E-state index in [2.05, 4.69) is 10.3 Å². The highest BCUT2D eigenvalue weighted by molar-refractivity contribution is 5.97. The van der Waals surface area contributed by atoms with Gasteiger partial charge in [0.2, 0.25) is 0 Å². The summed E-state index contributed by atoms with van der Waals surface area (Å²) in [5, 5.41) is 11.7. The molecule has 1 aromatic heterocycles. The Hall–Kier alpha value is -1.78. The van der Waals surface area contributed by atoms with Gasteiger partial charge in [-0.15, -0.1) is 0 Å². The van der Waals surface area contributed by atoms with Crippen molar-refractivity contribution in [3.63, 3.8) is 0 Å². The van der Waals surface area contributed by atoms with Gasteiger partial charge in [-0.05, 0) is 6.07 Å². The molecule has 5 nitrogen and oxygen atoms in total.